The first-order chi connectivity index (χ1) is 21.3. The van der Waals surface area contributed by atoms with Crippen molar-refractivity contribution >= 4 is 32.6 Å². The van der Waals surface area contributed by atoms with E-state index in [0.29, 0.717) is 0 Å². The predicted octanol–water partition coefficient (Wildman–Crippen LogP) is 10.9. The van der Waals surface area contributed by atoms with Crippen LogP contribution in [0.4, 0.5) is 0 Å². The first-order valence-corrected chi connectivity index (χ1v) is 15.0. The van der Waals surface area contributed by atoms with Crippen molar-refractivity contribution < 1.29 is 0 Å². The lowest BCUT2D eigenvalue weighted by molar-refractivity contribution is 0.908. The van der Waals surface area contributed by atoms with Gasteiger partial charge < -0.3 is 0 Å². The lowest BCUT2D eigenvalue weighted by atomic mass is 9.85. The first kappa shape index (κ1) is 25.3. The molecule has 0 saturated heterocycles. The zero-order valence-electron chi connectivity index (χ0n) is 24.0. The maximum absolute atomic E-state index is 4.96. The molecule has 43 heavy (non-hydrogen) atoms. The maximum atomic E-state index is 4.96. The van der Waals surface area contributed by atoms with E-state index in [1.807, 2.05) is 0 Å². The zero-order valence-corrected chi connectivity index (χ0v) is 24.0. The van der Waals surface area contributed by atoms with Gasteiger partial charge in [-0.2, -0.15) is 0 Å². The summed E-state index contributed by atoms with van der Waals surface area (Å²) in [6, 6.07) is 54.7. The van der Waals surface area contributed by atoms with Gasteiger partial charge in [0, 0.05) is 12.1 Å². The Morgan fingerprint density at radius 2 is 1.07 bits per heavy atom. The average molecular weight is 551 g/mol. The molecule has 0 aliphatic rings. The standard InChI is InChI=1S/C41H30N2/c1-2-39-42-37-22-11-12-23-38(37)43(39)32-19-13-18-31(26-32)41-34-21-10-9-20-33(34)40(29-16-7-4-8-17-29)36-27-30(24-25-35(36)41)28-14-5-3-6-15-28/h3-27H,2H2,1H3. The molecule has 0 radical (unpaired) electrons. The molecule has 0 amide bonds. The molecular formula is C41H30N2. The van der Waals surface area contributed by atoms with E-state index in [1.165, 1.54) is 54.9 Å². The van der Waals surface area contributed by atoms with E-state index in [-0.39, 0.29) is 0 Å². The number of rotatable bonds is 5. The maximum Gasteiger partial charge on any atom is 0.114 e. The van der Waals surface area contributed by atoms with Gasteiger partial charge in [0.05, 0.1) is 11.0 Å². The molecule has 0 saturated carbocycles. The van der Waals surface area contributed by atoms with Crippen molar-refractivity contribution in [2.45, 2.75) is 13.3 Å². The number of fused-ring (bicyclic) bond motifs is 3. The zero-order chi connectivity index (χ0) is 28.8. The first-order valence-electron chi connectivity index (χ1n) is 15.0. The lowest BCUT2D eigenvalue weighted by Gasteiger charge is -2.19. The van der Waals surface area contributed by atoms with Crippen LogP contribution in [0, 0.1) is 0 Å². The van der Waals surface area contributed by atoms with E-state index in [4.69, 9.17) is 4.98 Å². The Kier molecular flexibility index (Phi) is 6.12. The molecule has 0 atom stereocenters. The fraction of sp³-hybridized carbons (Fsp3) is 0.0488. The number of aryl methyl sites for hydroxylation is 1. The third kappa shape index (κ3) is 4.23. The smallest absolute Gasteiger partial charge is 0.114 e. The van der Waals surface area contributed by atoms with Gasteiger partial charge in [-0.1, -0.05) is 128 Å². The molecule has 1 aromatic heterocycles. The van der Waals surface area contributed by atoms with Gasteiger partial charge >= 0.3 is 0 Å². The fourth-order valence-corrected chi connectivity index (χ4v) is 6.62. The molecule has 2 heteroatoms. The number of aromatic nitrogens is 2. The molecule has 0 bridgehead atoms. The number of para-hydroxylation sites is 2. The van der Waals surface area contributed by atoms with E-state index in [1.54, 1.807) is 0 Å². The van der Waals surface area contributed by atoms with Gasteiger partial charge in [0.1, 0.15) is 5.82 Å². The summed E-state index contributed by atoms with van der Waals surface area (Å²) in [5.41, 5.74) is 10.7. The van der Waals surface area contributed by atoms with Gasteiger partial charge in [0.15, 0.2) is 0 Å². The molecule has 1 heterocycles. The van der Waals surface area contributed by atoms with Crippen LogP contribution >= 0.6 is 0 Å². The number of imidazole rings is 1. The van der Waals surface area contributed by atoms with E-state index in [9.17, 15) is 0 Å². The number of nitrogens with zero attached hydrogens (tertiary/aromatic N) is 2. The van der Waals surface area contributed by atoms with Gasteiger partial charge in [-0.25, -0.2) is 4.98 Å². The van der Waals surface area contributed by atoms with Crippen LogP contribution in [0.15, 0.2) is 152 Å². The van der Waals surface area contributed by atoms with E-state index < -0.39 is 0 Å². The molecule has 0 N–H and O–H groups in total. The van der Waals surface area contributed by atoms with Crippen molar-refractivity contribution in [3.05, 3.63) is 157 Å². The molecule has 204 valence electrons. The molecule has 0 fully saturated rings. The molecule has 0 unspecified atom stereocenters. The SMILES string of the molecule is CCc1nc2ccccc2n1-c1cccc(-c2c3ccccc3c(-c3ccccc3)c3cc(-c4ccccc4)ccc23)c1. The minimum atomic E-state index is 0.860. The molecule has 0 aliphatic heterocycles. The van der Waals surface area contributed by atoms with Gasteiger partial charge in [0.25, 0.3) is 0 Å². The van der Waals surface area contributed by atoms with Crippen molar-refractivity contribution in [3.8, 4) is 39.1 Å². The van der Waals surface area contributed by atoms with Gasteiger partial charge in [0.2, 0.25) is 0 Å². The number of hydrogen-bond donors (Lipinski definition) is 0. The lowest BCUT2D eigenvalue weighted by Crippen LogP contribution is -2.00. The number of benzene rings is 7. The second-order valence-corrected chi connectivity index (χ2v) is 11.0. The molecule has 8 aromatic rings. The Morgan fingerprint density at radius 1 is 0.465 bits per heavy atom. The molecule has 0 spiro atoms. The highest BCUT2D eigenvalue weighted by atomic mass is 15.1. The summed E-state index contributed by atoms with van der Waals surface area (Å²) in [5.74, 6) is 1.07. The molecule has 7 aromatic carbocycles. The second-order valence-electron chi connectivity index (χ2n) is 11.0. The fourth-order valence-electron chi connectivity index (χ4n) is 6.62. The Labute approximate surface area is 251 Å². The van der Waals surface area contributed by atoms with Crippen molar-refractivity contribution in [3.63, 3.8) is 0 Å². The summed E-state index contributed by atoms with van der Waals surface area (Å²) in [4.78, 5) is 4.96. The van der Waals surface area contributed by atoms with Crippen LogP contribution in [0.25, 0.3) is 71.6 Å². The average Bonchev–Trinajstić information content (AvgIpc) is 3.46. The minimum Gasteiger partial charge on any atom is -0.296 e. The monoisotopic (exact) mass is 550 g/mol. The minimum absolute atomic E-state index is 0.860. The molecule has 8 rings (SSSR count). The summed E-state index contributed by atoms with van der Waals surface area (Å²) < 4.78 is 2.31. The predicted molar refractivity (Wildman–Crippen MR) is 182 cm³/mol. The normalized spacial score (nSPS) is 11.5. The van der Waals surface area contributed by atoms with Crippen LogP contribution in [-0.4, -0.2) is 9.55 Å². The van der Waals surface area contributed by atoms with Crippen LogP contribution in [0.2, 0.25) is 0 Å². The number of hydrogen-bond acceptors (Lipinski definition) is 1. The largest absolute Gasteiger partial charge is 0.296 e. The van der Waals surface area contributed by atoms with Gasteiger partial charge in [-0.05, 0) is 85.3 Å². The Bertz CT molecular complexity index is 2260. The van der Waals surface area contributed by atoms with E-state index >= 15 is 0 Å². The second kappa shape index (κ2) is 10.4. The summed E-state index contributed by atoms with van der Waals surface area (Å²) in [7, 11) is 0. The van der Waals surface area contributed by atoms with Crippen LogP contribution in [-0.2, 0) is 6.42 Å². The molecule has 0 aliphatic carbocycles. The summed E-state index contributed by atoms with van der Waals surface area (Å²) in [5, 5.41) is 5.02. The highest BCUT2D eigenvalue weighted by Gasteiger charge is 2.18. The Morgan fingerprint density at radius 3 is 1.81 bits per heavy atom. The summed E-state index contributed by atoms with van der Waals surface area (Å²) in [6.07, 6.45) is 0.860. The Hall–Kier alpha value is -5.47. The topological polar surface area (TPSA) is 17.8 Å². The highest BCUT2D eigenvalue weighted by Crippen LogP contribution is 2.45. The van der Waals surface area contributed by atoms with Crippen molar-refractivity contribution in [2.24, 2.45) is 0 Å². The summed E-state index contributed by atoms with van der Waals surface area (Å²) >= 11 is 0. The molecule has 2 nitrogen and oxygen atoms in total. The van der Waals surface area contributed by atoms with Crippen molar-refractivity contribution in [1.29, 1.82) is 0 Å². The van der Waals surface area contributed by atoms with Crippen LogP contribution < -0.4 is 0 Å². The van der Waals surface area contributed by atoms with Crippen LogP contribution in [0.5, 0.6) is 0 Å². The van der Waals surface area contributed by atoms with Gasteiger partial charge in [-0.3, -0.25) is 4.57 Å². The van der Waals surface area contributed by atoms with Crippen LogP contribution in [0.1, 0.15) is 12.7 Å². The summed E-state index contributed by atoms with van der Waals surface area (Å²) in [6.45, 7) is 2.18. The molecular weight excluding hydrogens is 520 g/mol. The van der Waals surface area contributed by atoms with E-state index in [0.717, 1.165) is 29.0 Å². The van der Waals surface area contributed by atoms with Crippen molar-refractivity contribution in [1.82, 2.24) is 9.55 Å². The third-order valence-electron chi connectivity index (χ3n) is 8.53. The highest BCUT2D eigenvalue weighted by molar-refractivity contribution is 6.22. The van der Waals surface area contributed by atoms with Crippen LogP contribution in [0.3, 0.4) is 0 Å². The van der Waals surface area contributed by atoms with E-state index in [2.05, 4.69) is 163 Å². The van der Waals surface area contributed by atoms with Gasteiger partial charge in [-0.15, -0.1) is 0 Å². The quantitative estimate of drug-likeness (QED) is 0.195. The Balaban J connectivity index is 1.45. The third-order valence-corrected chi connectivity index (χ3v) is 8.53. The van der Waals surface area contributed by atoms with Crippen molar-refractivity contribution in [2.75, 3.05) is 0 Å².